The van der Waals surface area contributed by atoms with Crippen molar-refractivity contribution in [1.82, 2.24) is 0 Å². The van der Waals surface area contributed by atoms with Crippen LogP contribution in [0.2, 0.25) is 0 Å². The molecule has 0 spiro atoms. The van der Waals surface area contributed by atoms with Crippen LogP contribution in [0, 0.1) is 0 Å². The Morgan fingerprint density at radius 2 is 1.24 bits per heavy atom. The maximum atomic E-state index is 12.3. The summed E-state index contributed by atoms with van der Waals surface area (Å²) >= 11 is 0. The first-order valence-corrected chi connectivity index (χ1v) is 16.8. The number of sulfone groups is 1. The number of phenolic OH excluding ortho intramolecular Hbond substituents is 1. The fourth-order valence-corrected chi connectivity index (χ4v) is 5.84. The van der Waals surface area contributed by atoms with Crippen LogP contribution in [-0.2, 0) is 49.2 Å². The zero-order valence-electron chi connectivity index (χ0n) is 24.2. The number of hydrogen-bond acceptors (Lipinski definition) is 17. The van der Waals surface area contributed by atoms with Gasteiger partial charge in [-0.25, -0.2) is 25.3 Å². The van der Waals surface area contributed by atoms with Crippen molar-refractivity contribution >= 4 is 74.3 Å². The Bertz CT molecular complexity index is 2220. The third kappa shape index (κ3) is 10.9. The summed E-state index contributed by atoms with van der Waals surface area (Å²) in [6, 6.07) is 12.0. The number of hydrogen-bond donors (Lipinski definition) is 1. The normalized spacial score (nSPS) is 11.9. The SMILES string of the molecule is CS(=O)(=O)c1cc2cc(S(=O)(=O)[O-])ccc2c(N=Nc2ccc(N=Nc3ccc([S-](=O)=O)cc3)cc2S(=O)(=O)[O-])c1O.[Na+].[Na+].[Na+].[OH-]. The molecule has 0 heterocycles. The molecule has 0 aromatic heterocycles. The molecule has 0 unspecified atom stereocenters. The van der Waals surface area contributed by atoms with Crippen LogP contribution in [-0.4, -0.2) is 51.2 Å². The number of rotatable bonds is 8. The van der Waals surface area contributed by atoms with Crippen molar-refractivity contribution in [3.63, 3.8) is 0 Å². The van der Waals surface area contributed by atoms with E-state index in [2.05, 4.69) is 20.5 Å². The van der Waals surface area contributed by atoms with Crippen molar-refractivity contribution in [3.8, 4) is 5.75 Å². The van der Waals surface area contributed by atoms with E-state index in [0.717, 1.165) is 42.7 Å². The Labute approximate surface area is 331 Å². The molecular weight excluding hydrogens is 722 g/mol. The van der Waals surface area contributed by atoms with Gasteiger partial charge in [-0.2, -0.15) is 10.2 Å². The molecule has 0 saturated carbocycles. The van der Waals surface area contributed by atoms with E-state index in [1.807, 2.05) is 0 Å². The zero-order valence-corrected chi connectivity index (χ0v) is 33.5. The average molecular weight is 738 g/mol. The number of nitrogens with zero attached hydrogens (tertiary/aromatic N) is 4. The fraction of sp³-hybridized carbons (Fsp3) is 0.0435. The third-order valence-corrected chi connectivity index (χ3v) is 8.96. The van der Waals surface area contributed by atoms with Crippen molar-refractivity contribution < 1.29 is 142 Å². The van der Waals surface area contributed by atoms with Gasteiger partial charge in [-0.1, -0.05) is 23.1 Å². The third-order valence-electron chi connectivity index (χ3n) is 5.49. The van der Waals surface area contributed by atoms with Crippen LogP contribution in [0.15, 0.2) is 107 Å². The largest absolute Gasteiger partial charge is 1.00 e. The molecule has 228 valence electrons. The maximum Gasteiger partial charge on any atom is 1.00 e. The number of phenols is 1. The van der Waals surface area contributed by atoms with Gasteiger partial charge in [-0.15, -0.1) is 10.2 Å². The first-order valence-electron chi connectivity index (χ1n) is 11.0. The Hall–Kier alpha value is -1.18. The van der Waals surface area contributed by atoms with Crippen LogP contribution in [0.4, 0.5) is 22.7 Å². The molecule has 4 aromatic carbocycles. The van der Waals surface area contributed by atoms with E-state index >= 15 is 0 Å². The summed E-state index contributed by atoms with van der Waals surface area (Å²) in [4.78, 5) is -2.28. The molecule has 16 nitrogen and oxygen atoms in total. The minimum absolute atomic E-state index is 0. The minimum Gasteiger partial charge on any atom is -0.870 e. The Balaban J connectivity index is 0.00000506. The molecular formula is C23H16N4Na3O12S4-. The van der Waals surface area contributed by atoms with E-state index in [1.165, 1.54) is 30.3 Å². The quantitative estimate of drug-likeness (QED) is 0.0771. The Morgan fingerprint density at radius 1 is 0.674 bits per heavy atom. The second-order valence-electron chi connectivity index (χ2n) is 8.42. The van der Waals surface area contributed by atoms with Crippen LogP contribution < -0.4 is 88.7 Å². The van der Waals surface area contributed by atoms with E-state index in [0.29, 0.717) is 0 Å². The average Bonchev–Trinajstić information content (AvgIpc) is 2.89. The maximum absolute atomic E-state index is 12.3. The van der Waals surface area contributed by atoms with E-state index < -0.39 is 72.6 Å². The van der Waals surface area contributed by atoms with Gasteiger partial charge in [0, 0.05) is 11.6 Å². The number of azo groups is 2. The molecule has 4 rings (SSSR count). The van der Waals surface area contributed by atoms with Crippen molar-refractivity contribution in [2.24, 2.45) is 20.5 Å². The van der Waals surface area contributed by atoms with E-state index in [4.69, 9.17) is 0 Å². The van der Waals surface area contributed by atoms with Gasteiger partial charge >= 0.3 is 88.7 Å². The van der Waals surface area contributed by atoms with Crippen molar-refractivity contribution in [3.05, 3.63) is 66.7 Å². The monoisotopic (exact) mass is 737 g/mol. The van der Waals surface area contributed by atoms with Crippen molar-refractivity contribution in [2.45, 2.75) is 19.6 Å². The number of fused-ring (bicyclic) bond motifs is 1. The van der Waals surface area contributed by atoms with Gasteiger partial charge in [-0.3, -0.25) is 0 Å². The number of benzene rings is 4. The van der Waals surface area contributed by atoms with Crippen LogP contribution in [0.1, 0.15) is 0 Å². The Kier molecular flexibility index (Phi) is 17.0. The van der Waals surface area contributed by atoms with E-state index in [1.54, 1.807) is 0 Å². The molecule has 0 aliphatic heterocycles. The van der Waals surface area contributed by atoms with Gasteiger partial charge in [0.2, 0.25) is 0 Å². The summed E-state index contributed by atoms with van der Waals surface area (Å²) in [5.74, 6) is -0.907. The molecule has 0 bridgehead atoms. The van der Waals surface area contributed by atoms with Crippen molar-refractivity contribution in [2.75, 3.05) is 6.26 Å². The second-order valence-corrected chi connectivity index (χ2v) is 14.1. The molecule has 0 saturated heterocycles. The molecule has 0 aliphatic rings. The van der Waals surface area contributed by atoms with Gasteiger partial charge in [-0.05, 0) is 64.6 Å². The van der Waals surface area contributed by atoms with Crippen LogP contribution in [0.3, 0.4) is 0 Å². The molecule has 0 atom stereocenters. The molecule has 4 aromatic rings. The van der Waals surface area contributed by atoms with Gasteiger partial charge in [0.15, 0.2) is 15.6 Å². The molecule has 0 radical (unpaired) electrons. The summed E-state index contributed by atoms with van der Waals surface area (Å²) in [5, 5.41) is 25.6. The van der Waals surface area contributed by atoms with Crippen LogP contribution in [0.25, 0.3) is 10.8 Å². The van der Waals surface area contributed by atoms with E-state index in [9.17, 15) is 47.9 Å². The zero-order chi connectivity index (χ0) is 31.0. The van der Waals surface area contributed by atoms with Crippen molar-refractivity contribution in [1.29, 1.82) is 0 Å². The van der Waals surface area contributed by atoms with Gasteiger partial charge < -0.3 is 28.1 Å². The smallest absolute Gasteiger partial charge is 0.870 e. The first-order chi connectivity index (χ1) is 19.4. The van der Waals surface area contributed by atoms with E-state index in [-0.39, 0.29) is 121 Å². The second kappa shape index (κ2) is 17.5. The van der Waals surface area contributed by atoms with Gasteiger partial charge in [0.25, 0.3) is 0 Å². The molecule has 46 heavy (non-hydrogen) atoms. The molecule has 0 aliphatic carbocycles. The van der Waals surface area contributed by atoms with Crippen LogP contribution in [0.5, 0.6) is 5.75 Å². The molecule has 2 N–H and O–H groups in total. The minimum atomic E-state index is -5.20. The summed E-state index contributed by atoms with van der Waals surface area (Å²) in [5.41, 5.74) is -0.954. The summed E-state index contributed by atoms with van der Waals surface area (Å²) < 4.78 is 117. The standard InChI is InChI=1S/C23H17N4O11S4.3Na.H2O/c1-40(31,32)21-11-13-10-17(41(33,34)35)7-8-18(13)22(23(21)28)27-26-19-9-4-15(12-20(19)42(36,37)38)25-24-14-2-5-16(6-3-14)39(29)30;;;;/h2-12,28H,1H3,(H,33,34,35)(H,36,37,38);;;;1H2/q-1;3*+1;/p-3. The fourth-order valence-electron chi connectivity index (χ4n) is 3.56. The Morgan fingerprint density at radius 3 is 1.76 bits per heavy atom. The summed E-state index contributed by atoms with van der Waals surface area (Å²) in [7, 11) is -16.7. The topological polar surface area (TPSA) is 282 Å². The molecule has 0 amide bonds. The number of aromatic hydroxyl groups is 1. The summed E-state index contributed by atoms with van der Waals surface area (Å²) in [6.07, 6.45) is 0.748. The van der Waals surface area contributed by atoms with Gasteiger partial charge in [0.1, 0.15) is 36.5 Å². The van der Waals surface area contributed by atoms with Crippen LogP contribution >= 0.6 is 0 Å². The predicted octanol–water partition coefficient (Wildman–Crippen LogP) is -4.91. The molecule has 23 heteroatoms. The molecule has 0 fully saturated rings. The first kappa shape index (κ1) is 44.8. The van der Waals surface area contributed by atoms with Gasteiger partial charge in [0.05, 0.1) is 21.2 Å². The predicted molar refractivity (Wildman–Crippen MR) is 145 cm³/mol. The summed E-state index contributed by atoms with van der Waals surface area (Å²) in [6.45, 7) is 0.